The molecule has 2 rings (SSSR count). The third-order valence-corrected chi connectivity index (χ3v) is 3.76. The number of hydrogen-bond acceptors (Lipinski definition) is 3. The maximum absolute atomic E-state index is 12.0. The molecule has 1 aliphatic carbocycles. The number of carbonyl (C=O) groups is 1. The van der Waals surface area contributed by atoms with Crippen LogP contribution in [0.4, 0.5) is 0 Å². The largest absolute Gasteiger partial charge is 0.387 e. The van der Waals surface area contributed by atoms with E-state index in [1.54, 1.807) is 0 Å². The quantitative estimate of drug-likeness (QED) is 0.748. The number of hydrogen-bond donors (Lipinski definition) is 1. The minimum absolute atomic E-state index is 0.230. The molecule has 1 N–H and O–H groups in total. The Morgan fingerprint density at radius 3 is 2.53 bits per heavy atom. The summed E-state index contributed by atoms with van der Waals surface area (Å²) in [5.74, 6) is 0.230. The summed E-state index contributed by atoms with van der Waals surface area (Å²) in [6.07, 6.45) is 4.18. The van der Waals surface area contributed by atoms with Crippen LogP contribution >= 0.6 is 0 Å². The van der Waals surface area contributed by atoms with E-state index in [4.69, 9.17) is 0 Å². The lowest BCUT2D eigenvalue weighted by Crippen LogP contribution is -2.63. The summed E-state index contributed by atoms with van der Waals surface area (Å²) < 4.78 is 0. The van der Waals surface area contributed by atoms with E-state index in [0.717, 1.165) is 19.4 Å². The number of likely N-dealkylation sites (tertiary alicyclic amines) is 1. The van der Waals surface area contributed by atoms with Crippen LogP contribution in [0.5, 0.6) is 0 Å². The maximum Gasteiger partial charge on any atom is 0.236 e. The highest BCUT2D eigenvalue weighted by Gasteiger charge is 2.42. The lowest BCUT2D eigenvalue weighted by atomic mass is 9.89. The van der Waals surface area contributed by atoms with Gasteiger partial charge in [0.1, 0.15) is 0 Å². The van der Waals surface area contributed by atoms with Crippen molar-refractivity contribution in [2.75, 3.05) is 26.2 Å². The molecule has 0 spiro atoms. The van der Waals surface area contributed by atoms with Crippen LogP contribution in [0.25, 0.3) is 0 Å². The first-order valence-corrected chi connectivity index (χ1v) is 6.82. The van der Waals surface area contributed by atoms with Gasteiger partial charge in [0, 0.05) is 25.7 Å². The van der Waals surface area contributed by atoms with Crippen LogP contribution < -0.4 is 0 Å². The van der Waals surface area contributed by atoms with Gasteiger partial charge in [0.2, 0.25) is 5.91 Å². The second-order valence-corrected chi connectivity index (χ2v) is 5.53. The summed E-state index contributed by atoms with van der Waals surface area (Å²) in [7, 11) is 0. The molecule has 0 aromatic rings. The Bertz CT molecular complexity index is 283. The van der Waals surface area contributed by atoms with Gasteiger partial charge in [-0.05, 0) is 26.2 Å². The zero-order chi connectivity index (χ0) is 12.5. The van der Waals surface area contributed by atoms with Gasteiger partial charge in [-0.2, -0.15) is 0 Å². The summed E-state index contributed by atoms with van der Waals surface area (Å²) in [6.45, 7) is 6.74. The third kappa shape index (κ3) is 2.99. The lowest BCUT2D eigenvalue weighted by molar-refractivity contribution is -0.142. The molecule has 0 aromatic heterocycles. The number of aliphatic hydroxyl groups is 1. The molecule has 0 radical (unpaired) electrons. The second kappa shape index (κ2) is 4.94. The molecular weight excluding hydrogens is 216 g/mol. The fourth-order valence-electron chi connectivity index (χ4n) is 2.83. The molecule has 1 aliphatic heterocycles. The monoisotopic (exact) mass is 240 g/mol. The van der Waals surface area contributed by atoms with Gasteiger partial charge in [-0.1, -0.05) is 13.3 Å². The number of amides is 1. The maximum atomic E-state index is 12.0. The molecule has 0 bridgehead atoms. The second-order valence-electron chi connectivity index (χ2n) is 5.53. The molecule has 1 amide bonds. The Labute approximate surface area is 104 Å². The van der Waals surface area contributed by atoms with Gasteiger partial charge in [-0.25, -0.2) is 0 Å². The Balaban J connectivity index is 1.73. The van der Waals surface area contributed by atoms with Gasteiger partial charge in [0.15, 0.2) is 0 Å². The van der Waals surface area contributed by atoms with Crippen LogP contribution in [0, 0.1) is 0 Å². The molecule has 0 aromatic carbocycles. The van der Waals surface area contributed by atoms with Gasteiger partial charge >= 0.3 is 0 Å². The van der Waals surface area contributed by atoms with Crippen molar-refractivity contribution in [1.82, 2.24) is 9.80 Å². The molecule has 4 heteroatoms. The molecule has 17 heavy (non-hydrogen) atoms. The summed E-state index contributed by atoms with van der Waals surface area (Å²) in [5, 5.41) is 10.0. The van der Waals surface area contributed by atoms with E-state index in [1.807, 2.05) is 11.8 Å². The highest BCUT2D eigenvalue weighted by Crippen LogP contribution is 2.28. The van der Waals surface area contributed by atoms with E-state index < -0.39 is 5.60 Å². The van der Waals surface area contributed by atoms with E-state index in [-0.39, 0.29) is 5.91 Å². The van der Waals surface area contributed by atoms with Crippen molar-refractivity contribution in [2.45, 2.75) is 51.2 Å². The van der Waals surface area contributed by atoms with Gasteiger partial charge in [0.25, 0.3) is 0 Å². The van der Waals surface area contributed by atoms with Crippen molar-refractivity contribution in [3.05, 3.63) is 0 Å². The van der Waals surface area contributed by atoms with Gasteiger partial charge in [0.05, 0.1) is 12.1 Å². The molecule has 1 saturated heterocycles. The van der Waals surface area contributed by atoms with Crippen molar-refractivity contribution >= 4 is 5.91 Å². The molecule has 1 heterocycles. The predicted molar refractivity (Wildman–Crippen MR) is 66.7 cm³/mol. The normalized spacial score (nSPS) is 23.2. The molecular formula is C13H24N2O2. The number of likely N-dealkylation sites (N-methyl/N-ethyl adjacent to an activating group) is 1. The first kappa shape index (κ1) is 12.8. The summed E-state index contributed by atoms with van der Waals surface area (Å²) in [6, 6.07) is 0.503. The first-order chi connectivity index (χ1) is 8.08. The van der Waals surface area contributed by atoms with E-state index >= 15 is 0 Å². The first-order valence-electron chi connectivity index (χ1n) is 6.82. The molecule has 2 aliphatic rings. The van der Waals surface area contributed by atoms with Crippen LogP contribution in [0.2, 0.25) is 0 Å². The van der Waals surface area contributed by atoms with Crippen LogP contribution in [0.3, 0.4) is 0 Å². The van der Waals surface area contributed by atoms with Gasteiger partial charge < -0.3 is 10.0 Å². The van der Waals surface area contributed by atoms with Crippen molar-refractivity contribution in [3.63, 3.8) is 0 Å². The Kier molecular flexibility index (Phi) is 3.73. The zero-order valence-electron chi connectivity index (χ0n) is 11.0. The van der Waals surface area contributed by atoms with Crippen molar-refractivity contribution in [3.8, 4) is 0 Å². The van der Waals surface area contributed by atoms with Crippen LogP contribution in [0.1, 0.15) is 39.5 Å². The highest BCUT2D eigenvalue weighted by molar-refractivity contribution is 5.79. The SMILES string of the molecule is CCCC1(O)CN(CC(=O)N(CC)C2CC2)C1. The van der Waals surface area contributed by atoms with Gasteiger partial charge in [-0.3, -0.25) is 9.69 Å². The van der Waals surface area contributed by atoms with E-state index in [9.17, 15) is 9.90 Å². The minimum Gasteiger partial charge on any atom is -0.387 e. The third-order valence-electron chi connectivity index (χ3n) is 3.76. The highest BCUT2D eigenvalue weighted by atomic mass is 16.3. The number of nitrogens with zero attached hydrogens (tertiary/aromatic N) is 2. The van der Waals surface area contributed by atoms with E-state index in [1.165, 1.54) is 12.8 Å². The molecule has 98 valence electrons. The molecule has 0 unspecified atom stereocenters. The van der Waals surface area contributed by atoms with Crippen LogP contribution in [-0.4, -0.2) is 58.6 Å². The fraction of sp³-hybridized carbons (Fsp3) is 0.923. The lowest BCUT2D eigenvalue weighted by Gasteiger charge is -2.46. The Hall–Kier alpha value is -0.610. The Morgan fingerprint density at radius 1 is 1.41 bits per heavy atom. The summed E-state index contributed by atoms with van der Waals surface area (Å²) in [5.41, 5.74) is -0.522. The number of rotatable bonds is 6. The average Bonchev–Trinajstić information content (AvgIpc) is 3.01. The van der Waals surface area contributed by atoms with Crippen LogP contribution in [0.15, 0.2) is 0 Å². The number of β-amino-alcohol motifs (C(OH)–C–C–N with tert-alkyl or cyclic N) is 1. The van der Waals surface area contributed by atoms with Crippen molar-refractivity contribution in [2.24, 2.45) is 0 Å². The smallest absolute Gasteiger partial charge is 0.236 e. The van der Waals surface area contributed by atoms with Crippen molar-refractivity contribution < 1.29 is 9.90 Å². The van der Waals surface area contributed by atoms with Gasteiger partial charge in [-0.15, -0.1) is 0 Å². The van der Waals surface area contributed by atoms with E-state index in [0.29, 0.717) is 25.7 Å². The summed E-state index contributed by atoms with van der Waals surface area (Å²) >= 11 is 0. The van der Waals surface area contributed by atoms with E-state index in [2.05, 4.69) is 11.8 Å². The average molecular weight is 240 g/mol. The molecule has 2 fully saturated rings. The fourth-order valence-corrected chi connectivity index (χ4v) is 2.83. The standard InChI is InChI=1S/C13H24N2O2/c1-3-7-13(17)9-14(10-13)8-12(16)15(4-2)11-5-6-11/h11,17H,3-10H2,1-2H3. The zero-order valence-corrected chi connectivity index (χ0v) is 11.0. The molecule has 1 saturated carbocycles. The predicted octanol–water partition coefficient (Wildman–Crippen LogP) is 0.844. The van der Waals surface area contributed by atoms with Crippen molar-refractivity contribution in [1.29, 1.82) is 0 Å². The molecule has 0 atom stereocenters. The number of carbonyl (C=O) groups excluding carboxylic acids is 1. The molecule has 4 nitrogen and oxygen atoms in total. The summed E-state index contributed by atoms with van der Waals surface area (Å²) in [4.78, 5) is 16.1. The Morgan fingerprint density at radius 2 is 2.06 bits per heavy atom. The van der Waals surface area contributed by atoms with Crippen LogP contribution in [-0.2, 0) is 4.79 Å². The topological polar surface area (TPSA) is 43.8 Å². The minimum atomic E-state index is -0.522.